The lowest BCUT2D eigenvalue weighted by Crippen LogP contribution is -2.46. The van der Waals surface area contributed by atoms with Crippen molar-refractivity contribution in [2.75, 3.05) is 0 Å². The first-order valence-electron chi connectivity index (χ1n) is 5.90. The summed E-state index contributed by atoms with van der Waals surface area (Å²) in [7, 11) is 0. The Labute approximate surface area is 103 Å². The topological polar surface area (TPSA) is 81.4 Å². The van der Waals surface area contributed by atoms with Crippen LogP contribution in [0.5, 0.6) is 0 Å². The van der Waals surface area contributed by atoms with Gasteiger partial charge in [-0.2, -0.15) is 0 Å². The molecule has 0 fully saturated rings. The van der Waals surface area contributed by atoms with Gasteiger partial charge in [0.25, 0.3) is 0 Å². The van der Waals surface area contributed by atoms with Crippen LogP contribution in [0, 0.1) is 5.92 Å². The van der Waals surface area contributed by atoms with Gasteiger partial charge in [-0.15, -0.1) is 0 Å². The van der Waals surface area contributed by atoms with Gasteiger partial charge >= 0.3 is 6.09 Å². The van der Waals surface area contributed by atoms with Crippen LogP contribution < -0.4 is 11.1 Å². The summed E-state index contributed by atoms with van der Waals surface area (Å²) in [5.74, 6) is -0.0752. The number of nitrogens with two attached hydrogens (primary N) is 1. The molecule has 1 unspecified atom stereocenters. The molecular weight excluding hydrogens is 220 g/mol. The SMILES string of the molecule is CC(C)CCC(NC(=O)OC(C)(C)C)C(N)=O. The first kappa shape index (κ1) is 15.7. The van der Waals surface area contributed by atoms with Crippen molar-refractivity contribution in [3.05, 3.63) is 0 Å². The standard InChI is InChI=1S/C12H24N2O3/c1-8(2)6-7-9(10(13)15)14-11(16)17-12(3,4)5/h8-9H,6-7H2,1-5H3,(H2,13,15)(H,14,16). The third-order valence-electron chi connectivity index (χ3n) is 2.07. The van der Waals surface area contributed by atoms with Crippen LogP contribution >= 0.6 is 0 Å². The van der Waals surface area contributed by atoms with Crippen LogP contribution in [0.15, 0.2) is 0 Å². The molecule has 0 spiro atoms. The molecule has 0 aromatic rings. The summed E-state index contributed by atoms with van der Waals surface area (Å²) in [6.45, 7) is 9.39. The molecule has 5 nitrogen and oxygen atoms in total. The monoisotopic (exact) mass is 244 g/mol. The zero-order valence-corrected chi connectivity index (χ0v) is 11.4. The molecule has 0 aromatic heterocycles. The van der Waals surface area contributed by atoms with Crippen molar-refractivity contribution in [3.8, 4) is 0 Å². The molecule has 0 saturated carbocycles. The minimum Gasteiger partial charge on any atom is -0.444 e. The highest BCUT2D eigenvalue weighted by Gasteiger charge is 2.22. The summed E-state index contributed by atoms with van der Waals surface area (Å²) >= 11 is 0. The van der Waals surface area contributed by atoms with Crippen molar-refractivity contribution in [1.82, 2.24) is 5.32 Å². The van der Waals surface area contributed by atoms with Gasteiger partial charge < -0.3 is 15.8 Å². The normalized spacial score (nSPS) is 13.3. The summed E-state index contributed by atoms with van der Waals surface area (Å²) < 4.78 is 5.07. The Hall–Kier alpha value is -1.26. The Bertz CT molecular complexity index is 269. The summed E-state index contributed by atoms with van der Waals surface area (Å²) in [6.07, 6.45) is 0.750. The number of alkyl carbamates (subject to hydrolysis) is 1. The largest absolute Gasteiger partial charge is 0.444 e. The van der Waals surface area contributed by atoms with E-state index in [1.165, 1.54) is 0 Å². The van der Waals surface area contributed by atoms with Gasteiger partial charge in [0.1, 0.15) is 11.6 Å². The maximum absolute atomic E-state index is 11.5. The fraction of sp³-hybridized carbons (Fsp3) is 0.833. The van der Waals surface area contributed by atoms with Crippen molar-refractivity contribution in [2.24, 2.45) is 11.7 Å². The average molecular weight is 244 g/mol. The number of rotatable bonds is 5. The Kier molecular flexibility index (Phi) is 5.99. The number of primary amides is 1. The molecule has 0 aliphatic carbocycles. The van der Waals surface area contributed by atoms with E-state index in [4.69, 9.17) is 10.5 Å². The van der Waals surface area contributed by atoms with Crippen molar-refractivity contribution in [3.63, 3.8) is 0 Å². The Morgan fingerprint density at radius 1 is 1.24 bits per heavy atom. The van der Waals surface area contributed by atoms with E-state index in [1.54, 1.807) is 20.8 Å². The van der Waals surface area contributed by atoms with Crippen LogP contribution in [0.4, 0.5) is 4.79 Å². The van der Waals surface area contributed by atoms with E-state index < -0.39 is 23.6 Å². The lowest BCUT2D eigenvalue weighted by atomic mass is 10.0. The molecule has 0 bridgehead atoms. The Morgan fingerprint density at radius 3 is 2.12 bits per heavy atom. The van der Waals surface area contributed by atoms with Crippen LogP contribution in [0.25, 0.3) is 0 Å². The zero-order valence-electron chi connectivity index (χ0n) is 11.4. The summed E-state index contributed by atoms with van der Waals surface area (Å²) in [4.78, 5) is 22.6. The number of carbonyl (C=O) groups is 2. The molecule has 0 rings (SSSR count). The van der Waals surface area contributed by atoms with E-state index >= 15 is 0 Å². The van der Waals surface area contributed by atoms with Gasteiger partial charge in [0.2, 0.25) is 5.91 Å². The van der Waals surface area contributed by atoms with Gasteiger partial charge in [-0.25, -0.2) is 4.79 Å². The van der Waals surface area contributed by atoms with Gasteiger partial charge in [0.05, 0.1) is 0 Å². The van der Waals surface area contributed by atoms with Crippen molar-refractivity contribution >= 4 is 12.0 Å². The molecule has 0 radical (unpaired) electrons. The van der Waals surface area contributed by atoms with Crippen LogP contribution in [0.3, 0.4) is 0 Å². The molecule has 1 atom stereocenters. The highest BCUT2D eigenvalue weighted by molar-refractivity contribution is 5.84. The van der Waals surface area contributed by atoms with E-state index in [0.29, 0.717) is 12.3 Å². The lowest BCUT2D eigenvalue weighted by Gasteiger charge is -2.22. The number of ether oxygens (including phenoxy) is 1. The van der Waals surface area contributed by atoms with E-state index in [9.17, 15) is 9.59 Å². The lowest BCUT2D eigenvalue weighted by molar-refractivity contribution is -0.120. The molecular formula is C12H24N2O3. The smallest absolute Gasteiger partial charge is 0.408 e. The van der Waals surface area contributed by atoms with Gasteiger partial charge in [-0.1, -0.05) is 13.8 Å². The second-order valence-electron chi connectivity index (χ2n) is 5.57. The molecule has 3 N–H and O–H groups in total. The van der Waals surface area contributed by atoms with Crippen LogP contribution in [0.2, 0.25) is 0 Å². The number of hydrogen-bond donors (Lipinski definition) is 2. The maximum atomic E-state index is 11.5. The summed E-state index contributed by atoms with van der Waals surface area (Å²) in [5.41, 5.74) is 4.65. The van der Waals surface area contributed by atoms with Crippen molar-refractivity contribution in [2.45, 2.75) is 59.1 Å². The molecule has 0 aliphatic rings. The van der Waals surface area contributed by atoms with Gasteiger partial charge in [0.15, 0.2) is 0 Å². The van der Waals surface area contributed by atoms with E-state index in [-0.39, 0.29) is 0 Å². The average Bonchev–Trinajstić information content (AvgIpc) is 2.08. The van der Waals surface area contributed by atoms with Crippen LogP contribution in [-0.4, -0.2) is 23.6 Å². The number of nitrogens with one attached hydrogen (secondary N) is 1. The third kappa shape index (κ3) is 8.54. The van der Waals surface area contributed by atoms with Crippen molar-refractivity contribution < 1.29 is 14.3 Å². The zero-order chi connectivity index (χ0) is 13.6. The molecule has 0 aromatic carbocycles. The molecule has 0 heterocycles. The molecule has 5 heteroatoms. The molecule has 2 amide bonds. The molecule has 17 heavy (non-hydrogen) atoms. The Balaban J connectivity index is 4.26. The van der Waals surface area contributed by atoms with Gasteiger partial charge in [-0.05, 0) is 39.5 Å². The van der Waals surface area contributed by atoms with Gasteiger partial charge in [-0.3, -0.25) is 4.79 Å². The van der Waals surface area contributed by atoms with E-state index in [0.717, 1.165) is 6.42 Å². The van der Waals surface area contributed by atoms with Crippen molar-refractivity contribution in [1.29, 1.82) is 0 Å². The van der Waals surface area contributed by atoms with Crippen LogP contribution in [0.1, 0.15) is 47.5 Å². The second-order valence-corrected chi connectivity index (χ2v) is 5.57. The maximum Gasteiger partial charge on any atom is 0.408 e. The Morgan fingerprint density at radius 2 is 1.76 bits per heavy atom. The number of amides is 2. The minimum absolute atomic E-state index is 0.456. The molecule has 0 aliphatic heterocycles. The first-order chi connectivity index (χ1) is 7.61. The number of hydrogen-bond acceptors (Lipinski definition) is 3. The van der Waals surface area contributed by atoms with Gasteiger partial charge in [0, 0.05) is 0 Å². The first-order valence-corrected chi connectivity index (χ1v) is 5.90. The predicted molar refractivity (Wildman–Crippen MR) is 66.4 cm³/mol. The summed E-state index contributed by atoms with van der Waals surface area (Å²) in [6, 6.07) is -0.660. The number of carbonyl (C=O) groups excluding carboxylic acids is 2. The minimum atomic E-state index is -0.660. The molecule has 0 saturated heterocycles. The fourth-order valence-corrected chi connectivity index (χ4v) is 1.24. The van der Waals surface area contributed by atoms with E-state index in [2.05, 4.69) is 5.32 Å². The third-order valence-corrected chi connectivity index (χ3v) is 2.07. The summed E-state index contributed by atoms with van der Waals surface area (Å²) in [5, 5.41) is 2.49. The van der Waals surface area contributed by atoms with Crippen LogP contribution in [-0.2, 0) is 9.53 Å². The molecule has 100 valence electrons. The van der Waals surface area contributed by atoms with E-state index in [1.807, 2.05) is 13.8 Å². The highest BCUT2D eigenvalue weighted by atomic mass is 16.6. The second kappa shape index (κ2) is 6.47. The fourth-order valence-electron chi connectivity index (χ4n) is 1.24. The highest BCUT2D eigenvalue weighted by Crippen LogP contribution is 2.09. The predicted octanol–water partition coefficient (Wildman–Crippen LogP) is 1.80. The quantitative estimate of drug-likeness (QED) is 0.773.